The zero-order valence-electron chi connectivity index (χ0n) is 19.4. The number of benzene rings is 2. The maximum absolute atomic E-state index is 13.5. The Labute approximate surface area is 204 Å². The number of carbonyl (C=O) groups is 1. The molecule has 1 aliphatic heterocycles. The molecule has 34 heavy (non-hydrogen) atoms. The summed E-state index contributed by atoms with van der Waals surface area (Å²) in [4.78, 5) is 18.2. The van der Waals surface area contributed by atoms with Gasteiger partial charge in [-0.25, -0.2) is 9.07 Å². The smallest absolute Gasteiger partial charge is 0.276 e. The lowest BCUT2D eigenvalue weighted by molar-refractivity contribution is 0.102. The van der Waals surface area contributed by atoms with E-state index in [0.29, 0.717) is 16.4 Å². The fraction of sp³-hybridized carbons (Fsp3) is 0.385. The number of piperazine rings is 1. The minimum atomic E-state index is -0.295. The molecular weight excluding hydrogens is 453 g/mol. The molecule has 1 fully saturated rings. The van der Waals surface area contributed by atoms with E-state index in [1.165, 1.54) is 12.1 Å². The summed E-state index contributed by atoms with van der Waals surface area (Å²) in [7, 11) is 0. The highest BCUT2D eigenvalue weighted by molar-refractivity contribution is 6.31. The van der Waals surface area contributed by atoms with Crippen LogP contribution < -0.4 is 10.2 Å². The maximum Gasteiger partial charge on any atom is 0.276 e. The van der Waals surface area contributed by atoms with Crippen molar-refractivity contribution in [2.45, 2.75) is 32.6 Å². The van der Waals surface area contributed by atoms with E-state index < -0.39 is 0 Å². The van der Waals surface area contributed by atoms with Crippen LogP contribution in [-0.2, 0) is 12.8 Å². The number of aromatic nitrogens is 2. The van der Waals surface area contributed by atoms with E-state index in [1.54, 1.807) is 16.8 Å². The van der Waals surface area contributed by atoms with Crippen LogP contribution in [0.4, 0.5) is 15.8 Å². The second-order valence-corrected chi connectivity index (χ2v) is 9.34. The van der Waals surface area contributed by atoms with Gasteiger partial charge in [-0.3, -0.25) is 4.79 Å². The van der Waals surface area contributed by atoms with Crippen LogP contribution in [0.1, 0.15) is 41.5 Å². The third kappa shape index (κ3) is 4.55. The monoisotopic (exact) mass is 481 g/mol. The van der Waals surface area contributed by atoms with Crippen molar-refractivity contribution in [2.75, 3.05) is 42.9 Å². The van der Waals surface area contributed by atoms with E-state index in [-0.39, 0.29) is 11.7 Å². The maximum atomic E-state index is 13.5. The van der Waals surface area contributed by atoms with Crippen molar-refractivity contribution in [3.8, 4) is 5.69 Å². The van der Waals surface area contributed by atoms with Gasteiger partial charge in [0, 0.05) is 42.5 Å². The van der Waals surface area contributed by atoms with Gasteiger partial charge in [0.25, 0.3) is 5.91 Å². The number of hydrogen-bond acceptors (Lipinski definition) is 4. The van der Waals surface area contributed by atoms with Gasteiger partial charge >= 0.3 is 0 Å². The summed E-state index contributed by atoms with van der Waals surface area (Å²) in [6, 6.07) is 11.9. The number of carbonyl (C=O) groups excluding carboxylic acids is 1. The van der Waals surface area contributed by atoms with Crippen molar-refractivity contribution in [3.63, 3.8) is 0 Å². The molecule has 6 nitrogen and oxygen atoms in total. The molecule has 0 radical (unpaired) electrons. The van der Waals surface area contributed by atoms with Crippen molar-refractivity contribution in [1.29, 1.82) is 0 Å². The molecule has 0 spiro atoms. The Bertz CT molecular complexity index is 1180. The number of nitrogens with one attached hydrogen (secondary N) is 1. The topological polar surface area (TPSA) is 53.4 Å². The van der Waals surface area contributed by atoms with Gasteiger partial charge in [-0.15, -0.1) is 0 Å². The standard InChI is InChI=1S/C26H29ClFN5O/c1-2-31-13-15-32(16-14-31)24-12-7-18(27)17-22(24)29-26(34)25-21-5-3-4-6-23(21)33(30-25)20-10-8-19(28)9-11-20/h7-12,17H,2-6,13-16H2,1H3,(H,29,34). The van der Waals surface area contributed by atoms with Crippen molar-refractivity contribution in [1.82, 2.24) is 14.7 Å². The lowest BCUT2D eigenvalue weighted by Gasteiger charge is -2.36. The van der Waals surface area contributed by atoms with E-state index in [0.717, 1.165) is 81.0 Å². The molecule has 1 N–H and O–H groups in total. The predicted molar refractivity (Wildman–Crippen MR) is 134 cm³/mol. The van der Waals surface area contributed by atoms with Gasteiger partial charge in [0.15, 0.2) is 5.69 Å². The van der Waals surface area contributed by atoms with Crippen LogP contribution in [0.15, 0.2) is 42.5 Å². The van der Waals surface area contributed by atoms with E-state index in [2.05, 4.69) is 22.0 Å². The van der Waals surface area contributed by atoms with Crippen molar-refractivity contribution >= 4 is 28.9 Å². The molecule has 178 valence electrons. The molecule has 2 aromatic carbocycles. The first kappa shape index (κ1) is 22.9. The van der Waals surface area contributed by atoms with Gasteiger partial charge in [-0.2, -0.15) is 5.10 Å². The molecule has 8 heteroatoms. The SMILES string of the molecule is CCN1CCN(c2ccc(Cl)cc2NC(=O)c2nn(-c3ccc(F)cc3)c3c2CCCC3)CC1. The third-order valence-corrected chi connectivity index (χ3v) is 7.07. The quantitative estimate of drug-likeness (QED) is 0.561. The lowest BCUT2D eigenvalue weighted by Crippen LogP contribution is -2.46. The number of nitrogens with zero attached hydrogens (tertiary/aromatic N) is 4. The Hall–Kier alpha value is -2.90. The first-order chi connectivity index (χ1) is 16.5. The summed E-state index contributed by atoms with van der Waals surface area (Å²) < 4.78 is 15.3. The van der Waals surface area contributed by atoms with Crippen LogP contribution >= 0.6 is 11.6 Å². The van der Waals surface area contributed by atoms with Gasteiger partial charge in [-0.1, -0.05) is 18.5 Å². The summed E-state index contributed by atoms with van der Waals surface area (Å²) in [5.74, 6) is -0.536. The summed E-state index contributed by atoms with van der Waals surface area (Å²) in [6.45, 7) is 6.99. The van der Waals surface area contributed by atoms with E-state index in [4.69, 9.17) is 16.7 Å². The first-order valence-electron chi connectivity index (χ1n) is 12.0. The molecule has 0 unspecified atom stereocenters. The summed E-state index contributed by atoms with van der Waals surface area (Å²) in [5.41, 5.74) is 4.87. The van der Waals surface area contributed by atoms with E-state index in [1.807, 2.05) is 18.2 Å². The molecule has 1 amide bonds. The number of likely N-dealkylation sites (N-methyl/N-ethyl adjacent to an activating group) is 1. The predicted octanol–water partition coefficient (Wildman–Crippen LogP) is 4.94. The van der Waals surface area contributed by atoms with Crippen LogP contribution in [0, 0.1) is 5.82 Å². The normalized spacial score (nSPS) is 16.4. The molecule has 1 aliphatic carbocycles. The van der Waals surface area contributed by atoms with Gasteiger partial charge in [0.2, 0.25) is 0 Å². The molecule has 0 saturated carbocycles. The van der Waals surface area contributed by atoms with Crippen molar-refractivity contribution in [2.24, 2.45) is 0 Å². The van der Waals surface area contributed by atoms with E-state index >= 15 is 0 Å². The highest BCUT2D eigenvalue weighted by Gasteiger charge is 2.27. The van der Waals surface area contributed by atoms with Gasteiger partial charge in [-0.05, 0) is 74.7 Å². The molecule has 5 rings (SSSR count). The molecule has 3 aromatic rings. The highest BCUT2D eigenvalue weighted by atomic mass is 35.5. The summed E-state index contributed by atoms with van der Waals surface area (Å²) in [6.07, 6.45) is 3.72. The first-order valence-corrected chi connectivity index (χ1v) is 12.4. The zero-order chi connectivity index (χ0) is 23.7. The number of amides is 1. The van der Waals surface area contributed by atoms with Crippen LogP contribution in [0.2, 0.25) is 5.02 Å². The molecule has 1 aromatic heterocycles. The summed E-state index contributed by atoms with van der Waals surface area (Å²) in [5, 5.41) is 8.38. The average molecular weight is 482 g/mol. The number of halogens is 2. The number of rotatable bonds is 5. The Kier molecular flexibility index (Phi) is 6.57. The number of anilines is 2. The van der Waals surface area contributed by atoms with Gasteiger partial charge in [0.05, 0.1) is 17.1 Å². The Morgan fingerprint density at radius 2 is 1.79 bits per heavy atom. The third-order valence-electron chi connectivity index (χ3n) is 6.83. The average Bonchev–Trinajstić information content (AvgIpc) is 3.25. The molecule has 1 saturated heterocycles. The molecule has 0 bridgehead atoms. The second-order valence-electron chi connectivity index (χ2n) is 8.91. The Balaban J connectivity index is 1.45. The van der Waals surface area contributed by atoms with E-state index in [9.17, 15) is 9.18 Å². The molecule has 2 aliphatic rings. The van der Waals surface area contributed by atoms with Crippen LogP contribution in [0.3, 0.4) is 0 Å². The van der Waals surface area contributed by atoms with Crippen molar-refractivity contribution in [3.05, 3.63) is 70.3 Å². The Morgan fingerprint density at radius 1 is 1.06 bits per heavy atom. The van der Waals surface area contributed by atoms with Crippen LogP contribution in [0.25, 0.3) is 5.69 Å². The van der Waals surface area contributed by atoms with Crippen LogP contribution in [0.5, 0.6) is 0 Å². The highest BCUT2D eigenvalue weighted by Crippen LogP contribution is 2.32. The number of hydrogen-bond donors (Lipinski definition) is 1. The minimum absolute atomic E-state index is 0.241. The molecule has 0 atom stereocenters. The Morgan fingerprint density at radius 3 is 2.53 bits per heavy atom. The fourth-order valence-electron chi connectivity index (χ4n) is 4.95. The lowest BCUT2D eigenvalue weighted by atomic mass is 9.95. The van der Waals surface area contributed by atoms with Crippen molar-refractivity contribution < 1.29 is 9.18 Å². The van der Waals surface area contributed by atoms with Gasteiger partial charge < -0.3 is 15.1 Å². The van der Waals surface area contributed by atoms with Crippen LogP contribution in [-0.4, -0.2) is 53.3 Å². The molecule has 2 heterocycles. The fourth-order valence-corrected chi connectivity index (χ4v) is 5.12. The zero-order valence-corrected chi connectivity index (χ0v) is 20.1. The summed E-state index contributed by atoms with van der Waals surface area (Å²) >= 11 is 6.31. The van der Waals surface area contributed by atoms with Gasteiger partial charge in [0.1, 0.15) is 5.82 Å². The number of fused-ring (bicyclic) bond motifs is 1. The largest absolute Gasteiger partial charge is 0.367 e. The minimum Gasteiger partial charge on any atom is -0.367 e. The molecular formula is C26H29ClFN5O. The second kappa shape index (κ2) is 9.76.